The van der Waals surface area contributed by atoms with E-state index in [2.05, 4.69) is 15.9 Å². The average molecular weight is 262 g/mol. The number of hydrogen-bond acceptors (Lipinski definition) is 3. The van der Waals surface area contributed by atoms with Crippen LogP contribution in [0.4, 0.5) is 4.39 Å². The molecule has 4 N–H and O–H groups in total. The van der Waals surface area contributed by atoms with Gasteiger partial charge in [-0.25, -0.2) is 4.39 Å². The highest BCUT2D eigenvalue weighted by Crippen LogP contribution is 2.50. The van der Waals surface area contributed by atoms with Crippen LogP contribution in [0.5, 0.6) is 11.5 Å². The molecule has 1 fully saturated rings. The highest BCUT2D eigenvalue weighted by atomic mass is 79.9. The molecule has 1 aliphatic carbocycles. The van der Waals surface area contributed by atoms with Crippen LogP contribution in [-0.4, -0.2) is 10.2 Å². The van der Waals surface area contributed by atoms with Gasteiger partial charge in [0.15, 0.2) is 17.3 Å². The zero-order chi connectivity index (χ0) is 10.5. The van der Waals surface area contributed by atoms with Crippen LogP contribution in [0.3, 0.4) is 0 Å². The van der Waals surface area contributed by atoms with Crippen LogP contribution >= 0.6 is 15.9 Å². The van der Waals surface area contributed by atoms with Crippen LogP contribution in [0, 0.1) is 5.82 Å². The molecule has 1 saturated carbocycles. The van der Waals surface area contributed by atoms with E-state index >= 15 is 0 Å². The van der Waals surface area contributed by atoms with Crippen molar-refractivity contribution < 1.29 is 14.6 Å². The Hall–Kier alpha value is -0.810. The molecule has 14 heavy (non-hydrogen) atoms. The lowest BCUT2D eigenvalue weighted by Crippen LogP contribution is -2.19. The largest absolute Gasteiger partial charge is 0.504 e. The van der Waals surface area contributed by atoms with Gasteiger partial charge in [-0.1, -0.05) is 0 Å². The van der Waals surface area contributed by atoms with Gasteiger partial charge in [0.05, 0.1) is 4.47 Å². The molecular weight excluding hydrogens is 253 g/mol. The molecule has 0 heterocycles. The SMILES string of the molecule is NC1(c2cc(Br)c(F)c(O)c2O)CC1. The number of phenolic OH excluding ortho intramolecular Hbond substituents is 2. The summed E-state index contributed by atoms with van der Waals surface area (Å²) in [5.74, 6) is -2.06. The summed E-state index contributed by atoms with van der Waals surface area (Å²) in [7, 11) is 0. The summed E-state index contributed by atoms with van der Waals surface area (Å²) in [5, 5.41) is 18.7. The van der Waals surface area contributed by atoms with E-state index in [-0.39, 0.29) is 4.47 Å². The Morgan fingerprint density at radius 2 is 1.93 bits per heavy atom. The minimum atomic E-state index is -0.865. The summed E-state index contributed by atoms with van der Waals surface area (Å²) in [6.45, 7) is 0. The topological polar surface area (TPSA) is 66.5 Å². The molecule has 76 valence electrons. The molecule has 0 radical (unpaired) electrons. The van der Waals surface area contributed by atoms with Crippen molar-refractivity contribution in [3.8, 4) is 11.5 Å². The first kappa shape index (κ1) is 9.73. The first-order valence-electron chi connectivity index (χ1n) is 4.15. The van der Waals surface area contributed by atoms with Gasteiger partial charge in [-0.2, -0.15) is 0 Å². The Labute approximate surface area is 88.5 Å². The lowest BCUT2D eigenvalue weighted by molar-refractivity contribution is 0.370. The van der Waals surface area contributed by atoms with Crippen molar-refractivity contribution in [3.05, 3.63) is 21.9 Å². The van der Waals surface area contributed by atoms with E-state index in [0.29, 0.717) is 5.56 Å². The Kier molecular flexibility index (Phi) is 1.97. The summed E-state index contributed by atoms with van der Waals surface area (Å²) < 4.78 is 13.2. The fourth-order valence-corrected chi connectivity index (χ4v) is 1.80. The van der Waals surface area contributed by atoms with Crippen LogP contribution < -0.4 is 5.73 Å². The summed E-state index contributed by atoms with van der Waals surface area (Å²) >= 11 is 2.95. The standard InChI is InChI=1S/C9H9BrFNO2/c10-5-3-4(9(12)1-2-9)7(13)8(14)6(5)11/h3,13-14H,1-2,12H2. The second-order valence-corrected chi connectivity index (χ2v) is 4.43. The minimum Gasteiger partial charge on any atom is -0.504 e. The van der Waals surface area contributed by atoms with Crippen molar-refractivity contribution >= 4 is 15.9 Å². The normalized spacial score (nSPS) is 18.2. The predicted octanol–water partition coefficient (Wildman–Crippen LogP) is 1.95. The predicted molar refractivity (Wildman–Crippen MR) is 52.5 cm³/mol. The zero-order valence-electron chi connectivity index (χ0n) is 7.22. The van der Waals surface area contributed by atoms with Crippen molar-refractivity contribution in [1.82, 2.24) is 0 Å². The van der Waals surface area contributed by atoms with Crippen LogP contribution in [0.25, 0.3) is 0 Å². The second kappa shape index (κ2) is 2.84. The van der Waals surface area contributed by atoms with Gasteiger partial charge in [-0.3, -0.25) is 0 Å². The molecule has 3 nitrogen and oxygen atoms in total. The number of aromatic hydroxyl groups is 2. The quantitative estimate of drug-likeness (QED) is 0.677. The molecule has 0 spiro atoms. The Morgan fingerprint density at radius 3 is 2.43 bits per heavy atom. The molecule has 0 amide bonds. The van der Waals surface area contributed by atoms with Crippen molar-refractivity contribution in [2.45, 2.75) is 18.4 Å². The zero-order valence-corrected chi connectivity index (χ0v) is 8.81. The number of nitrogens with two attached hydrogens (primary N) is 1. The van der Waals surface area contributed by atoms with Gasteiger partial charge in [-0.15, -0.1) is 0 Å². The van der Waals surface area contributed by atoms with Crippen LogP contribution in [0.2, 0.25) is 0 Å². The third kappa shape index (κ3) is 1.27. The van der Waals surface area contributed by atoms with Gasteiger partial charge in [0.1, 0.15) is 0 Å². The molecule has 0 aliphatic heterocycles. The first-order chi connectivity index (χ1) is 6.46. The molecule has 0 aromatic heterocycles. The first-order valence-corrected chi connectivity index (χ1v) is 4.94. The minimum absolute atomic E-state index is 0.111. The molecule has 1 aliphatic rings. The molecule has 5 heteroatoms. The molecule has 0 saturated heterocycles. The Bertz CT molecular complexity index is 404. The van der Waals surface area contributed by atoms with E-state index in [1.165, 1.54) is 6.07 Å². The fraction of sp³-hybridized carbons (Fsp3) is 0.333. The smallest absolute Gasteiger partial charge is 0.195 e. The molecule has 2 rings (SSSR count). The Morgan fingerprint density at radius 1 is 1.36 bits per heavy atom. The molecule has 0 bridgehead atoms. The summed E-state index contributed by atoms with van der Waals surface area (Å²) in [6.07, 6.45) is 1.47. The van der Waals surface area contributed by atoms with Gasteiger partial charge in [0.25, 0.3) is 0 Å². The number of rotatable bonds is 1. The average Bonchev–Trinajstić information content (AvgIpc) is 2.87. The number of halogens is 2. The number of benzene rings is 1. The van der Waals surface area contributed by atoms with Gasteiger partial charge >= 0.3 is 0 Å². The van der Waals surface area contributed by atoms with Crippen molar-refractivity contribution in [2.75, 3.05) is 0 Å². The summed E-state index contributed by atoms with van der Waals surface area (Å²) in [4.78, 5) is 0. The van der Waals surface area contributed by atoms with Gasteiger partial charge in [0.2, 0.25) is 0 Å². The molecule has 1 aromatic carbocycles. The molecule has 0 unspecified atom stereocenters. The third-order valence-corrected chi connectivity index (χ3v) is 3.07. The number of phenols is 2. The Balaban J connectivity index is 2.62. The monoisotopic (exact) mass is 261 g/mol. The van der Waals surface area contributed by atoms with Crippen molar-refractivity contribution in [3.63, 3.8) is 0 Å². The third-order valence-electron chi connectivity index (χ3n) is 2.49. The lowest BCUT2D eigenvalue weighted by atomic mass is 10.0. The van der Waals surface area contributed by atoms with Crippen LogP contribution in [0.15, 0.2) is 10.5 Å². The highest BCUT2D eigenvalue weighted by Gasteiger charge is 2.43. The van der Waals surface area contributed by atoms with Gasteiger partial charge in [0, 0.05) is 11.1 Å². The van der Waals surface area contributed by atoms with Gasteiger partial charge < -0.3 is 15.9 Å². The maximum absolute atomic E-state index is 13.1. The van der Waals surface area contributed by atoms with E-state index in [0.717, 1.165) is 12.8 Å². The van der Waals surface area contributed by atoms with Crippen molar-refractivity contribution in [1.29, 1.82) is 0 Å². The van der Waals surface area contributed by atoms with E-state index in [4.69, 9.17) is 5.73 Å². The van der Waals surface area contributed by atoms with E-state index in [1.54, 1.807) is 0 Å². The summed E-state index contributed by atoms with van der Waals surface area (Å²) in [5.41, 5.74) is 5.63. The van der Waals surface area contributed by atoms with E-state index in [1.807, 2.05) is 0 Å². The number of hydrogen-bond donors (Lipinski definition) is 3. The molecular formula is C9H9BrFNO2. The van der Waals surface area contributed by atoms with Crippen LogP contribution in [0.1, 0.15) is 18.4 Å². The van der Waals surface area contributed by atoms with E-state index in [9.17, 15) is 14.6 Å². The van der Waals surface area contributed by atoms with Crippen molar-refractivity contribution in [2.24, 2.45) is 5.73 Å². The van der Waals surface area contributed by atoms with E-state index < -0.39 is 22.9 Å². The van der Waals surface area contributed by atoms with Crippen LogP contribution in [-0.2, 0) is 5.54 Å². The maximum atomic E-state index is 13.1. The maximum Gasteiger partial charge on any atom is 0.195 e. The summed E-state index contributed by atoms with van der Waals surface area (Å²) in [6, 6.07) is 1.41. The fourth-order valence-electron chi connectivity index (χ4n) is 1.39. The molecule has 1 aromatic rings. The second-order valence-electron chi connectivity index (χ2n) is 3.57. The lowest BCUT2D eigenvalue weighted by Gasteiger charge is -2.13. The molecule has 0 atom stereocenters. The highest BCUT2D eigenvalue weighted by molar-refractivity contribution is 9.10. The van der Waals surface area contributed by atoms with Gasteiger partial charge in [-0.05, 0) is 34.8 Å².